The maximum atomic E-state index is 13.1. The highest BCUT2D eigenvalue weighted by Crippen LogP contribution is 2.38. The predicted molar refractivity (Wildman–Crippen MR) is 162 cm³/mol. The molecule has 0 N–H and O–H groups in total. The number of carbonyl (C=O) groups excluding carboxylic acids is 1. The molecule has 1 fully saturated rings. The summed E-state index contributed by atoms with van der Waals surface area (Å²) in [6, 6.07) is 19.5. The third kappa shape index (κ3) is 6.35. The number of halogens is 2. The average Bonchev–Trinajstić information content (AvgIpc) is 3.17. The van der Waals surface area contributed by atoms with Crippen LogP contribution in [0, 0.1) is 7.14 Å². The molecule has 186 valence electrons. The molecule has 1 aliphatic heterocycles. The topological polar surface area (TPSA) is 60.4 Å². The minimum Gasteiger partial charge on any atom is -0.497 e. The summed E-state index contributed by atoms with van der Waals surface area (Å²) in [7, 11) is 3.24. The number of hydrogen-bond donors (Lipinski definition) is 0. The molecule has 3 aromatic rings. The zero-order chi connectivity index (χ0) is 25.7. The van der Waals surface area contributed by atoms with Crippen LogP contribution in [0.25, 0.3) is 6.08 Å². The van der Waals surface area contributed by atoms with E-state index in [4.69, 9.17) is 19.2 Å². The molecule has 0 bridgehead atoms. The highest BCUT2D eigenvalue weighted by atomic mass is 127. The van der Waals surface area contributed by atoms with Gasteiger partial charge in [-0.15, -0.1) is 0 Å². The maximum Gasteiger partial charge on any atom is 0.266 e. The third-order valence-corrected chi connectivity index (χ3v) is 7.87. The van der Waals surface area contributed by atoms with E-state index in [0.717, 1.165) is 26.1 Å². The molecule has 0 atom stereocenters. The van der Waals surface area contributed by atoms with Gasteiger partial charge in [0, 0.05) is 10.1 Å². The Labute approximate surface area is 242 Å². The fourth-order valence-corrected chi connectivity index (χ4v) is 5.69. The van der Waals surface area contributed by atoms with Crippen LogP contribution < -0.4 is 14.2 Å². The van der Waals surface area contributed by atoms with Crippen LogP contribution in [0.2, 0.25) is 0 Å². The summed E-state index contributed by atoms with van der Waals surface area (Å²) in [6.07, 6.45) is 1.87. The molecule has 1 aliphatic rings. The first-order chi connectivity index (χ1) is 17.4. The number of methoxy groups -OCH3 is 2. The van der Waals surface area contributed by atoms with Gasteiger partial charge >= 0.3 is 0 Å². The summed E-state index contributed by atoms with van der Waals surface area (Å²) in [5.74, 6) is 2.00. The van der Waals surface area contributed by atoms with Crippen molar-refractivity contribution < 1.29 is 19.0 Å². The molecule has 6 nitrogen and oxygen atoms in total. The van der Waals surface area contributed by atoms with Crippen molar-refractivity contribution >= 4 is 79.8 Å². The van der Waals surface area contributed by atoms with E-state index in [0.29, 0.717) is 34.7 Å². The Bertz CT molecular complexity index is 1310. The van der Waals surface area contributed by atoms with Gasteiger partial charge in [-0.25, -0.2) is 4.99 Å². The van der Waals surface area contributed by atoms with E-state index < -0.39 is 0 Å². The molecule has 0 saturated carbocycles. The van der Waals surface area contributed by atoms with E-state index in [1.807, 2.05) is 61.5 Å². The number of amidine groups is 1. The first kappa shape index (κ1) is 26.8. The average molecular weight is 726 g/mol. The van der Waals surface area contributed by atoms with Gasteiger partial charge < -0.3 is 14.2 Å². The fourth-order valence-electron chi connectivity index (χ4n) is 3.49. The molecule has 0 radical (unpaired) electrons. The Balaban J connectivity index is 1.57. The molecule has 0 unspecified atom stereocenters. The number of benzene rings is 3. The molecule has 0 aromatic heterocycles. The number of rotatable bonds is 8. The van der Waals surface area contributed by atoms with Crippen LogP contribution in [0.4, 0.5) is 5.69 Å². The van der Waals surface area contributed by atoms with Gasteiger partial charge in [-0.05, 0) is 130 Å². The second-order valence-corrected chi connectivity index (χ2v) is 11.1. The van der Waals surface area contributed by atoms with E-state index in [1.54, 1.807) is 19.1 Å². The minimum atomic E-state index is -0.0669. The summed E-state index contributed by atoms with van der Waals surface area (Å²) in [5.41, 5.74) is 2.70. The van der Waals surface area contributed by atoms with Gasteiger partial charge in [-0.2, -0.15) is 0 Å². The van der Waals surface area contributed by atoms with Crippen molar-refractivity contribution in [3.8, 4) is 17.2 Å². The van der Waals surface area contributed by atoms with Crippen LogP contribution >= 0.6 is 56.9 Å². The molecule has 9 heteroatoms. The van der Waals surface area contributed by atoms with E-state index in [9.17, 15) is 4.79 Å². The van der Waals surface area contributed by atoms with Crippen LogP contribution in [0.15, 0.2) is 70.6 Å². The Kier molecular flexibility index (Phi) is 9.18. The lowest BCUT2D eigenvalue weighted by Crippen LogP contribution is -2.28. The molecule has 1 amide bonds. The highest BCUT2D eigenvalue weighted by molar-refractivity contribution is 14.1. The lowest BCUT2D eigenvalue weighted by Gasteiger charge is -2.14. The predicted octanol–water partition coefficient (Wildman–Crippen LogP) is 7.12. The molecule has 1 heterocycles. The van der Waals surface area contributed by atoms with Gasteiger partial charge in [0.1, 0.15) is 12.4 Å². The normalized spacial score (nSPS) is 15.6. The van der Waals surface area contributed by atoms with Gasteiger partial charge in [0.2, 0.25) is 0 Å². The third-order valence-electron chi connectivity index (χ3n) is 5.35. The Morgan fingerprint density at radius 1 is 1.00 bits per heavy atom. The van der Waals surface area contributed by atoms with Crippen molar-refractivity contribution in [1.82, 2.24) is 4.90 Å². The Morgan fingerprint density at radius 3 is 2.36 bits per heavy atom. The number of aliphatic imine (C=N–C) groups is 1. The first-order valence-corrected chi connectivity index (χ1v) is 14.1. The quantitative estimate of drug-likeness (QED) is 0.183. The second kappa shape index (κ2) is 12.3. The molecule has 3 aromatic carbocycles. The molecule has 0 aliphatic carbocycles. The number of likely N-dealkylation sites (N-methyl/N-ethyl adjacent to an activating group) is 1. The van der Waals surface area contributed by atoms with E-state index in [2.05, 4.69) is 57.3 Å². The number of nitrogens with zero attached hydrogens (tertiary/aromatic N) is 2. The number of carbonyl (C=O) groups is 1. The number of ether oxygens (including phenoxy) is 3. The SMILES string of the molecule is CCN1C(=O)/C(=C\c2cc(I)c(OCc3ccc(I)cc3)c(OC)c2)SC1=Nc1ccc(OC)cc1. The van der Waals surface area contributed by atoms with E-state index in [1.165, 1.54) is 15.3 Å². The van der Waals surface area contributed by atoms with Gasteiger partial charge in [-0.3, -0.25) is 9.69 Å². The zero-order valence-corrected chi connectivity index (χ0v) is 25.1. The summed E-state index contributed by atoms with van der Waals surface area (Å²) >= 11 is 5.89. The van der Waals surface area contributed by atoms with Crippen molar-refractivity contribution in [3.05, 3.63) is 83.8 Å². The smallest absolute Gasteiger partial charge is 0.266 e. The lowest BCUT2D eigenvalue weighted by molar-refractivity contribution is -0.122. The maximum absolute atomic E-state index is 13.1. The monoisotopic (exact) mass is 726 g/mol. The lowest BCUT2D eigenvalue weighted by atomic mass is 10.1. The van der Waals surface area contributed by atoms with Crippen molar-refractivity contribution in [3.63, 3.8) is 0 Å². The molecular formula is C27H24I2N2O4S. The fraction of sp³-hybridized carbons (Fsp3) is 0.185. The number of thioether (sulfide) groups is 1. The van der Waals surface area contributed by atoms with Crippen LogP contribution in [0.5, 0.6) is 17.2 Å². The Morgan fingerprint density at radius 2 is 1.72 bits per heavy atom. The molecule has 1 saturated heterocycles. The largest absolute Gasteiger partial charge is 0.497 e. The summed E-state index contributed by atoms with van der Waals surface area (Å²) in [4.78, 5) is 20.1. The standard InChI is InChI=1S/C27H24I2N2O4S/c1-4-31-26(32)24(36-27(31)30-20-9-11-21(33-2)12-10-20)15-18-13-22(29)25(23(14-18)34-3)35-16-17-5-7-19(28)8-6-17/h5-15H,4,16H2,1-3H3/b24-15+,30-27?. The molecular weight excluding hydrogens is 702 g/mol. The molecule has 4 rings (SSSR count). The summed E-state index contributed by atoms with van der Waals surface area (Å²) in [6.45, 7) is 2.91. The number of hydrogen-bond acceptors (Lipinski definition) is 6. The molecule has 36 heavy (non-hydrogen) atoms. The van der Waals surface area contributed by atoms with Gasteiger partial charge in [0.25, 0.3) is 5.91 Å². The van der Waals surface area contributed by atoms with Crippen molar-refractivity contribution in [2.24, 2.45) is 4.99 Å². The van der Waals surface area contributed by atoms with Crippen LogP contribution in [-0.4, -0.2) is 36.7 Å². The first-order valence-electron chi connectivity index (χ1n) is 11.1. The van der Waals surface area contributed by atoms with Crippen molar-refractivity contribution in [2.75, 3.05) is 20.8 Å². The van der Waals surface area contributed by atoms with E-state index in [-0.39, 0.29) is 5.91 Å². The second-order valence-electron chi connectivity index (χ2n) is 7.70. The van der Waals surface area contributed by atoms with Crippen LogP contribution in [0.1, 0.15) is 18.1 Å². The molecule has 0 spiro atoms. The highest BCUT2D eigenvalue weighted by Gasteiger charge is 2.32. The van der Waals surface area contributed by atoms with Gasteiger partial charge in [0.05, 0.1) is 28.4 Å². The Hall–Kier alpha value is -2.25. The summed E-state index contributed by atoms with van der Waals surface area (Å²) < 4.78 is 19.0. The minimum absolute atomic E-state index is 0.0669. The van der Waals surface area contributed by atoms with Crippen LogP contribution in [-0.2, 0) is 11.4 Å². The van der Waals surface area contributed by atoms with Gasteiger partial charge in [0.15, 0.2) is 16.7 Å². The van der Waals surface area contributed by atoms with Crippen LogP contribution in [0.3, 0.4) is 0 Å². The van der Waals surface area contributed by atoms with E-state index >= 15 is 0 Å². The van der Waals surface area contributed by atoms with Gasteiger partial charge in [-0.1, -0.05) is 12.1 Å². The zero-order valence-electron chi connectivity index (χ0n) is 20.0. The van der Waals surface area contributed by atoms with Crippen molar-refractivity contribution in [1.29, 1.82) is 0 Å². The summed E-state index contributed by atoms with van der Waals surface area (Å²) in [5, 5.41) is 0.651. The van der Waals surface area contributed by atoms with Crippen molar-refractivity contribution in [2.45, 2.75) is 13.5 Å². The number of amides is 1.